The van der Waals surface area contributed by atoms with Crippen molar-refractivity contribution in [2.75, 3.05) is 13.2 Å². The Hall–Kier alpha value is -1.62. The van der Waals surface area contributed by atoms with Crippen molar-refractivity contribution in [1.29, 1.82) is 0 Å². The van der Waals surface area contributed by atoms with Gasteiger partial charge < -0.3 is 15.8 Å². The summed E-state index contributed by atoms with van der Waals surface area (Å²) in [5, 5.41) is 2.96. The lowest BCUT2D eigenvalue weighted by atomic mass is 10.3. The molecule has 3 N–H and O–H groups in total. The van der Waals surface area contributed by atoms with E-state index in [-0.39, 0.29) is 12.4 Å². The van der Waals surface area contributed by atoms with Crippen LogP contribution in [0.25, 0.3) is 0 Å². The fraction of sp³-hybridized carbons (Fsp3) is 0.417. The monoisotopic (exact) mass is 240 g/mol. The molecule has 0 bridgehead atoms. The van der Waals surface area contributed by atoms with Crippen LogP contribution in [0.15, 0.2) is 24.3 Å². The van der Waals surface area contributed by atoms with E-state index >= 15 is 0 Å². The predicted molar refractivity (Wildman–Crippen MR) is 63.2 cm³/mol. The van der Waals surface area contributed by atoms with E-state index in [0.717, 1.165) is 6.42 Å². The number of primary amides is 1. The van der Waals surface area contributed by atoms with Crippen molar-refractivity contribution in [1.82, 2.24) is 5.32 Å². The molecule has 0 radical (unpaired) electrons. The van der Waals surface area contributed by atoms with Crippen LogP contribution in [0.3, 0.4) is 0 Å². The summed E-state index contributed by atoms with van der Waals surface area (Å²) in [5.74, 6) is -0.468. The van der Waals surface area contributed by atoms with E-state index in [1.54, 1.807) is 12.1 Å². The minimum atomic E-state index is -0.557. The van der Waals surface area contributed by atoms with Crippen molar-refractivity contribution in [3.8, 4) is 5.75 Å². The highest BCUT2D eigenvalue weighted by molar-refractivity contribution is 5.80. The molecule has 0 spiro atoms. The molecule has 0 aliphatic carbocycles. The number of halogens is 1. The predicted octanol–water partition coefficient (Wildman–Crippen LogP) is 1.06. The number of amides is 1. The molecule has 0 fully saturated rings. The Balaban J connectivity index is 2.48. The van der Waals surface area contributed by atoms with Gasteiger partial charge in [0.05, 0.1) is 0 Å². The highest BCUT2D eigenvalue weighted by atomic mass is 19.1. The van der Waals surface area contributed by atoms with E-state index in [4.69, 9.17) is 10.5 Å². The number of carbonyl (C=O) groups excluding carboxylic acids is 1. The smallest absolute Gasteiger partial charge is 0.238 e. The van der Waals surface area contributed by atoms with Gasteiger partial charge in [-0.3, -0.25) is 4.79 Å². The second-order valence-corrected chi connectivity index (χ2v) is 3.68. The third-order valence-electron chi connectivity index (χ3n) is 2.20. The Labute approximate surface area is 100.0 Å². The standard InChI is InChI=1S/C12H17FN2O2/c1-2-6-15-11(12(14)16)8-17-10-5-3-4-9(13)7-10/h3-5,7,11,15H,2,6,8H2,1H3,(H2,14,16). The summed E-state index contributed by atoms with van der Waals surface area (Å²) in [6.45, 7) is 2.76. The van der Waals surface area contributed by atoms with Crippen LogP contribution in [-0.4, -0.2) is 25.1 Å². The van der Waals surface area contributed by atoms with Crippen molar-refractivity contribution in [2.45, 2.75) is 19.4 Å². The van der Waals surface area contributed by atoms with Crippen LogP contribution in [0.4, 0.5) is 4.39 Å². The third-order valence-corrected chi connectivity index (χ3v) is 2.20. The van der Waals surface area contributed by atoms with Crippen molar-refractivity contribution in [3.63, 3.8) is 0 Å². The second kappa shape index (κ2) is 6.85. The molecule has 0 aliphatic rings. The molecule has 1 aromatic carbocycles. The van der Waals surface area contributed by atoms with E-state index in [9.17, 15) is 9.18 Å². The first-order chi connectivity index (χ1) is 8.13. The van der Waals surface area contributed by atoms with Crippen LogP contribution in [-0.2, 0) is 4.79 Å². The van der Waals surface area contributed by atoms with Crippen molar-refractivity contribution >= 4 is 5.91 Å². The van der Waals surface area contributed by atoms with Gasteiger partial charge in [-0.1, -0.05) is 13.0 Å². The number of hydrogen-bond acceptors (Lipinski definition) is 3. The minimum Gasteiger partial charge on any atom is -0.491 e. The van der Waals surface area contributed by atoms with Gasteiger partial charge in [-0.2, -0.15) is 0 Å². The van der Waals surface area contributed by atoms with Gasteiger partial charge in [0.15, 0.2) is 0 Å². The molecule has 0 saturated heterocycles. The van der Waals surface area contributed by atoms with Gasteiger partial charge in [-0.15, -0.1) is 0 Å². The van der Waals surface area contributed by atoms with Crippen molar-refractivity contribution in [3.05, 3.63) is 30.1 Å². The Kier molecular flexibility index (Phi) is 5.42. The van der Waals surface area contributed by atoms with Gasteiger partial charge in [-0.05, 0) is 25.1 Å². The minimum absolute atomic E-state index is 0.0960. The number of nitrogens with one attached hydrogen (secondary N) is 1. The molecular formula is C12H17FN2O2. The first-order valence-corrected chi connectivity index (χ1v) is 5.54. The van der Waals surface area contributed by atoms with Crippen molar-refractivity contribution in [2.24, 2.45) is 5.73 Å². The maximum atomic E-state index is 12.9. The first kappa shape index (κ1) is 13.4. The van der Waals surface area contributed by atoms with Gasteiger partial charge in [0.2, 0.25) is 5.91 Å². The van der Waals surface area contributed by atoms with E-state index in [1.807, 2.05) is 6.92 Å². The molecule has 1 atom stereocenters. The Morgan fingerprint density at radius 1 is 1.59 bits per heavy atom. The summed E-state index contributed by atoms with van der Waals surface area (Å²) in [5.41, 5.74) is 5.22. The Morgan fingerprint density at radius 2 is 2.35 bits per heavy atom. The summed E-state index contributed by atoms with van der Waals surface area (Å²) in [4.78, 5) is 11.1. The molecule has 17 heavy (non-hydrogen) atoms. The van der Waals surface area contributed by atoms with Crippen LogP contribution < -0.4 is 15.8 Å². The molecule has 1 amide bonds. The number of ether oxygens (including phenoxy) is 1. The molecule has 1 aromatic rings. The van der Waals surface area contributed by atoms with E-state index < -0.39 is 11.9 Å². The average Bonchev–Trinajstić information content (AvgIpc) is 2.28. The number of hydrogen-bond donors (Lipinski definition) is 2. The van der Waals surface area contributed by atoms with Gasteiger partial charge in [0.1, 0.15) is 24.2 Å². The summed E-state index contributed by atoms with van der Waals surface area (Å²) in [6, 6.07) is 5.20. The highest BCUT2D eigenvalue weighted by Gasteiger charge is 2.14. The zero-order valence-electron chi connectivity index (χ0n) is 9.78. The van der Waals surface area contributed by atoms with Gasteiger partial charge in [0, 0.05) is 6.07 Å². The second-order valence-electron chi connectivity index (χ2n) is 3.68. The number of carbonyl (C=O) groups is 1. The molecule has 1 unspecified atom stereocenters. The normalized spacial score (nSPS) is 12.1. The van der Waals surface area contributed by atoms with Gasteiger partial charge >= 0.3 is 0 Å². The largest absolute Gasteiger partial charge is 0.491 e. The highest BCUT2D eigenvalue weighted by Crippen LogP contribution is 2.11. The summed E-state index contributed by atoms with van der Waals surface area (Å²) in [6.07, 6.45) is 0.893. The topological polar surface area (TPSA) is 64.3 Å². The molecule has 0 saturated carbocycles. The molecule has 1 rings (SSSR count). The van der Waals surface area contributed by atoms with E-state index in [0.29, 0.717) is 12.3 Å². The molecule has 4 nitrogen and oxygen atoms in total. The van der Waals surface area contributed by atoms with E-state index in [2.05, 4.69) is 5.32 Å². The third kappa shape index (κ3) is 4.82. The lowest BCUT2D eigenvalue weighted by Gasteiger charge is -2.15. The number of rotatable bonds is 7. The Bertz CT molecular complexity index is 371. The molecular weight excluding hydrogens is 223 g/mol. The number of benzene rings is 1. The summed E-state index contributed by atoms with van der Waals surface area (Å²) >= 11 is 0. The van der Waals surface area contributed by atoms with Crippen LogP contribution in [0.5, 0.6) is 5.75 Å². The van der Waals surface area contributed by atoms with Crippen LogP contribution >= 0.6 is 0 Å². The molecule has 0 aromatic heterocycles. The Morgan fingerprint density at radius 3 is 2.94 bits per heavy atom. The maximum Gasteiger partial charge on any atom is 0.238 e. The lowest BCUT2D eigenvalue weighted by Crippen LogP contribution is -2.45. The summed E-state index contributed by atoms with van der Waals surface area (Å²) in [7, 11) is 0. The zero-order chi connectivity index (χ0) is 12.7. The van der Waals surface area contributed by atoms with E-state index in [1.165, 1.54) is 12.1 Å². The van der Waals surface area contributed by atoms with Crippen LogP contribution in [0, 0.1) is 5.82 Å². The van der Waals surface area contributed by atoms with Gasteiger partial charge in [0.25, 0.3) is 0 Å². The molecule has 0 aliphatic heterocycles. The molecule has 5 heteroatoms. The SMILES string of the molecule is CCCNC(COc1cccc(F)c1)C(N)=O. The lowest BCUT2D eigenvalue weighted by molar-refractivity contribution is -0.120. The molecule has 94 valence electrons. The molecule has 0 heterocycles. The van der Waals surface area contributed by atoms with Crippen molar-refractivity contribution < 1.29 is 13.9 Å². The average molecular weight is 240 g/mol. The first-order valence-electron chi connectivity index (χ1n) is 5.54. The zero-order valence-corrected chi connectivity index (χ0v) is 9.78. The fourth-order valence-electron chi connectivity index (χ4n) is 1.30. The quantitative estimate of drug-likeness (QED) is 0.749. The van der Waals surface area contributed by atoms with Gasteiger partial charge in [-0.25, -0.2) is 4.39 Å². The van der Waals surface area contributed by atoms with Crippen LogP contribution in [0.2, 0.25) is 0 Å². The number of nitrogens with two attached hydrogens (primary N) is 1. The summed E-state index contributed by atoms with van der Waals surface area (Å²) < 4.78 is 18.2. The maximum absolute atomic E-state index is 12.9. The fourth-order valence-corrected chi connectivity index (χ4v) is 1.30. The van der Waals surface area contributed by atoms with Crippen LogP contribution in [0.1, 0.15) is 13.3 Å².